The molecule has 1 fully saturated rings. The molecule has 2 rings (SSSR count). The highest BCUT2D eigenvalue weighted by Crippen LogP contribution is 2.29. The summed E-state index contributed by atoms with van der Waals surface area (Å²) in [6.45, 7) is 15.6. The van der Waals surface area contributed by atoms with Crippen LogP contribution in [0.3, 0.4) is 0 Å². The number of nitrogens with zero attached hydrogens (tertiary/aromatic N) is 1. The summed E-state index contributed by atoms with van der Waals surface area (Å²) in [5.74, 6) is -0.603. The fourth-order valence-corrected chi connectivity index (χ4v) is 4.85. The van der Waals surface area contributed by atoms with Crippen LogP contribution in [0.2, 0.25) is 0 Å². The molecule has 2 N–H and O–H groups in total. The first kappa shape index (κ1) is 30.7. The Balaban J connectivity index is 2.49. The average molecular weight is 516 g/mol. The lowest BCUT2D eigenvalue weighted by molar-refractivity contribution is -0.143. The second-order valence-electron chi connectivity index (χ2n) is 11.9. The Morgan fingerprint density at radius 2 is 1.73 bits per heavy atom. The summed E-state index contributed by atoms with van der Waals surface area (Å²) in [5.41, 5.74) is 2.14. The van der Waals surface area contributed by atoms with Crippen LogP contribution in [0.25, 0.3) is 0 Å². The van der Waals surface area contributed by atoms with Crippen molar-refractivity contribution in [3.8, 4) is 0 Å². The number of carbonyl (C=O) groups is 3. The lowest BCUT2D eigenvalue weighted by atomic mass is 9.92. The van der Waals surface area contributed by atoms with Crippen molar-refractivity contribution in [2.75, 3.05) is 6.54 Å². The SMILES string of the molecule is CCCCN(C(=O)C(NC(=O)OC(C)(C)C)C(C)C)C(C(=O)NC1CCCCC1)c1cc(C)ccc1C. The van der Waals surface area contributed by atoms with Gasteiger partial charge in [0.15, 0.2) is 0 Å². The number of nitrogens with one attached hydrogen (secondary N) is 2. The number of hydrogen-bond acceptors (Lipinski definition) is 4. The summed E-state index contributed by atoms with van der Waals surface area (Å²) >= 11 is 0. The summed E-state index contributed by atoms with van der Waals surface area (Å²) in [7, 11) is 0. The largest absolute Gasteiger partial charge is 0.444 e. The summed E-state index contributed by atoms with van der Waals surface area (Å²) < 4.78 is 5.46. The van der Waals surface area contributed by atoms with Gasteiger partial charge >= 0.3 is 6.09 Å². The molecule has 7 heteroatoms. The van der Waals surface area contributed by atoms with Gasteiger partial charge < -0.3 is 20.3 Å². The minimum absolute atomic E-state index is 0.123. The Morgan fingerprint density at radius 3 is 2.30 bits per heavy atom. The van der Waals surface area contributed by atoms with Crippen LogP contribution in [0.15, 0.2) is 18.2 Å². The van der Waals surface area contributed by atoms with E-state index in [9.17, 15) is 14.4 Å². The number of ether oxygens (including phenoxy) is 1. The summed E-state index contributed by atoms with van der Waals surface area (Å²) in [5, 5.41) is 6.07. The maximum atomic E-state index is 14.2. The van der Waals surface area contributed by atoms with Crippen molar-refractivity contribution >= 4 is 17.9 Å². The van der Waals surface area contributed by atoms with Crippen LogP contribution in [0.4, 0.5) is 4.79 Å². The van der Waals surface area contributed by atoms with Gasteiger partial charge in [-0.1, -0.05) is 70.2 Å². The summed E-state index contributed by atoms with van der Waals surface area (Å²) in [6, 6.07) is 4.57. The van der Waals surface area contributed by atoms with Gasteiger partial charge in [0, 0.05) is 12.6 Å². The molecule has 0 aromatic heterocycles. The fraction of sp³-hybridized carbons (Fsp3) is 0.700. The molecule has 3 amide bonds. The van der Waals surface area contributed by atoms with E-state index in [-0.39, 0.29) is 23.8 Å². The Kier molecular flexibility index (Phi) is 11.5. The van der Waals surface area contributed by atoms with Crippen molar-refractivity contribution in [1.29, 1.82) is 0 Å². The number of carbonyl (C=O) groups excluding carboxylic acids is 3. The normalized spacial score (nSPS) is 16.1. The molecular weight excluding hydrogens is 466 g/mol. The van der Waals surface area contributed by atoms with Crippen molar-refractivity contribution in [1.82, 2.24) is 15.5 Å². The van der Waals surface area contributed by atoms with Gasteiger partial charge in [0.05, 0.1) is 0 Å². The van der Waals surface area contributed by atoms with Crippen LogP contribution in [0.5, 0.6) is 0 Å². The molecule has 1 aliphatic rings. The predicted octanol–water partition coefficient (Wildman–Crippen LogP) is 5.97. The predicted molar refractivity (Wildman–Crippen MR) is 148 cm³/mol. The minimum Gasteiger partial charge on any atom is -0.444 e. The third kappa shape index (κ3) is 9.35. The fourth-order valence-electron chi connectivity index (χ4n) is 4.85. The van der Waals surface area contributed by atoms with Gasteiger partial charge in [0.1, 0.15) is 17.7 Å². The monoisotopic (exact) mass is 515 g/mol. The van der Waals surface area contributed by atoms with Gasteiger partial charge in [0.25, 0.3) is 0 Å². The van der Waals surface area contributed by atoms with Crippen LogP contribution in [0, 0.1) is 19.8 Å². The Morgan fingerprint density at radius 1 is 1.08 bits per heavy atom. The summed E-state index contributed by atoms with van der Waals surface area (Å²) in [6.07, 6.45) is 6.32. The number of rotatable bonds is 10. The molecule has 0 bridgehead atoms. The average Bonchev–Trinajstić information content (AvgIpc) is 2.81. The highest BCUT2D eigenvalue weighted by molar-refractivity contribution is 5.92. The van der Waals surface area contributed by atoms with E-state index in [0.717, 1.165) is 55.2 Å². The maximum Gasteiger partial charge on any atom is 0.408 e. The number of benzene rings is 1. The number of alkyl carbamates (subject to hydrolysis) is 1. The van der Waals surface area contributed by atoms with Crippen LogP contribution in [-0.4, -0.2) is 47.0 Å². The number of unbranched alkanes of at least 4 members (excludes halogenated alkanes) is 1. The smallest absolute Gasteiger partial charge is 0.408 e. The third-order valence-electron chi connectivity index (χ3n) is 6.88. The number of amides is 3. The molecule has 1 aromatic rings. The van der Waals surface area contributed by atoms with E-state index >= 15 is 0 Å². The third-order valence-corrected chi connectivity index (χ3v) is 6.88. The maximum absolute atomic E-state index is 14.2. The summed E-state index contributed by atoms with van der Waals surface area (Å²) in [4.78, 5) is 42.5. The molecule has 0 radical (unpaired) electrons. The highest BCUT2D eigenvalue weighted by Gasteiger charge is 2.38. The van der Waals surface area contributed by atoms with Gasteiger partial charge in [-0.2, -0.15) is 0 Å². The second-order valence-corrected chi connectivity index (χ2v) is 11.9. The van der Waals surface area contributed by atoms with Crippen molar-refractivity contribution in [3.63, 3.8) is 0 Å². The molecular formula is C30H49N3O4. The van der Waals surface area contributed by atoms with Crippen molar-refractivity contribution in [2.24, 2.45) is 5.92 Å². The zero-order valence-electron chi connectivity index (χ0n) is 24.3. The molecule has 2 atom stereocenters. The first-order chi connectivity index (χ1) is 17.3. The van der Waals surface area contributed by atoms with Crippen molar-refractivity contribution < 1.29 is 19.1 Å². The van der Waals surface area contributed by atoms with Gasteiger partial charge in [0.2, 0.25) is 11.8 Å². The van der Waals surface area contributed by atoms with Gasteiger partial charge in [-0.3, -0.25) is 9.59 Å². The zero-order valence-corrected chi connectivity index (χ0v) is 24.3. The standard InChI is InChI=1S/C30H49N3O4/c1-9-10-18-33(28(35)25(20(2)3)32-29(36)37-30(6,7)8)26(24-19-21(4)16-17-22(24)5)27(34)31-23-14-12-11-13-15-23/h16-17,19-20,23,25-26H,9-15,18H2,1-8H3,(H,31,34)(H,32,36). The second kappa shape index (κ2) is 13.8. The molecule has 1 saturated carbocycles. The Hall–Kier alpha value is -2.57. The highest BCUT2D eigenvalue weighted by atomic mass is 16.6. The van der Waals surface area contributed by atoms with Gasteiger partial charge in [-0.25, -0.2) is 4.79 Å². The topological polar surface area (TPSA) is 87.7 Å². The van der Waals surface area contributed by atoms with E-state index in [2.05, 4.69) is 17.6 Å². The van der Waals surface area contributed by atoms with Gasteiger partial charge in [-0.05, 0) is 70.9 Å². The molecule has 0 spiro atoms. The van der Waals surface area contributed by atoms with E-state index in [4.69, 9.17) is 4.74 Å². The molecule has 1 aromatic carbocycles. The molecule has 7 nitrogen and oxygen atoms in total. The number of hydrogen-bond donors (Lipinski definition) is 2. The minimum atomic E-state index is -0.818. The van der Waals surface area contributed by atoms with Crippen molar-refractivity contribution in [2.45, 2.75) is 124 Å². The molecule has 1 aliphatic carbocycles. The van der Waals surface area contributed by atoms with Crippen LogP contribution >= 0.6 is 0 Å². The quantitative estimate of drug-likeness (QED) is 0.402. The van der Waals surface area contributed by atoms with Crippen molar-refractivity contribution in [3.05, 3.63) is 34.9 Å². The van der Waals surface area contributed by atoms with E-state index < -0.39 is 23.8 Å². The van der Waals surface area contributed by atoms with Crippen LogP contribution < -0.4 is 10.6 Å². The number of aryl methyl sites for hydroxylation is 2. The first-order valence-electron chi connectivity index (χ1n) is 14.0. The zero-order chi connectivity index (χ0) is 27.8. The molecule has 2 unspecified atom stereocenters. The Bertz CT molecular complexity index is 916. The molecule has 0 heterocycles. The van der Waals surface area contributed by atoms with E-state index in [1.165, 1.54) is 6.42 Å². The van der Waals surface area contributed by atoms with E-state index in [0.29, 0.717) is 6.54 Å². The van der Waals surface area contributed by atoms with Crippen LogP contribution in [-0.2, 0) is 14.3 Å². The lowest BCUT2D eigenvalue weighted by Gasteiger charge is -2.37. The first-order valence-corrected chi connectivity index (χ1v) is 14.0. The van der Waals surface area contributed by atoms with E-state index in [1.807, 2.05) is 45.9 Å². The van der Waals surface area contributed by atoms with E-state index in [1.54, 1.807) is 25.7 Å². The molecule has 208 valence electrons. The van der Waals surface area contributed by atoms with Crippen LogP contribution in [0.1, 0.15) is 109 Å². The lowest BCUT2D eigenvalue weighted by Crippen LogP contribution is -2.55. The molecule has 0 saturated heterocycles. The van der Waals surface area contributed by atoms with Gasteiger partial charge in [-0.15, -0.1) is 0 Å². The molecule has 0 aliphatic heterocycles. The molecule has 37 heavy (non-hydrogen) atoms. The Labute approximate surface area is 224 Å².